The Hall–Kier alpha value is -1.05. The molecule has 4 nitrogen and oxygen atoms in total. The van der Waals surface area contributed by atoms with E-state index in [-0.39, 0.29) is 23.0 Å². The van der Waals surface area contributed by atoms with Crippen LogP contribution in [0.25, 0.3) is 0 Å². The quantitative estimate of drug-likeness (QED) is 0.840. The molecule has 0 aromatic heterocycles. The van der Waals surface area contributed by atoms with Crippen molar-refractivity contribution < 1.29 is 21.9 Å². The Morgan fingerprint density at radius 2 is 1.90 bits per heavy atom. The maximum absolute atomic E-state index is 13.2. The predicted octanol–water partition coefficient (Wildman–Crippen LogP) is 2.15. The number of hydrogen-bond acceptors (Lipinski definition) is 3. The summed E-state index contributed by atoms with van der Waals surface area (Å²) in [5.74, 6) is -1.62. The van der Waals surface area contributed by atoms with Crippen LogP contribution in [0, 0.1) is 17.6 Å². The second-order valence-corrected chi connectivity index (χ2v) is 7.68. The molecular formula is C14H17F2NO3S. The van der Waals surface area contributed by atoms with Crippen molar-refractivity contribution >= 4 is 10.0 Å². The van der Waals surface area contributed by atoms with E-state index in [1.54, 1.807) is 0 Å². The van der Waals surface area contributed by atoms with Crippen molar-refractivity contribution in [3.63, 3.8) is 0 Å². The number of sulfonamides is 1. The Kier molecular flexibility index (Phi) is 3.75. The van der Waals surface area contributed by atoms with Crippen molar-refractivity contribution in [2.24, 2.45) is 5.92 Å². The molecule has 1 aromatic rings. The van der Waals surface area contributed by atoms with E-state index >= 15 is 0 Å². The van der Waals surface area contributed by atoms with Gasteiger partial charge in [0.25, 0.3) is 0 Å². The monoisotopic (exact) mass is 317 g/mol. The molecule has 1 aromatic carbocycles. The molecule has 0 saturated carbocycles. The second kappa shape index (κ2) is 5.30. The predicted molar refractivity (Wildman–Crippen MR) is 72.2 cm³/mol. The minimum Gasteiger partial charge on any atom is -0.375 e. The summed E-state index contributed by atoms with van der Waals surface area (Å²) < 4.78 is 58.6. The summed E-state index contributed by atoms with van der Waals surface area (Å²) in [5.41, 5.74) is 0. The number of fused-ring (bicyclic) bond motifs is 1. The first-order chi connectivity index (χ1) is 9.86. The molecular weight excluding hydrogens is 300 g/mol. The fourth-order valence-corrected chi connectivity index (χ4v) is 4.76. The number of nitrogens with zero attached hydrogens (tertiary/aromatic N) is 1. The van der Waals surface area contributed by atoms with Crippen LogP contribution in [0.4, 0.5) is 8.78 Å². The van der Waals surface area contributed by atoms with Crippen LogP contribution in [0.5, 0.6) is 0 Å². The van der Waals surface area contributed by atoms with Crippen LogP contribution < -0.4 is 0 Å². The Labute approximate surface area is 122 Å². The molecule has 0 radical (unpaired) electrons. The number of benzene rings is 1. The van der Waals surface area contributed by atoms with Crippen LogP contribution >= 0.6 is 0 Å². The van der Waals surface area contributed by atoms with Gasteiger partial charge >= 0.3 is 0 Å². The lowest BCUT2D eigenvalue weighted by atomic mass is 9.94. The molecule has 2 aliphatic heterocycles. The number of halogens is 2. The van der Waals surface area contributed by atoms with E-state index in [0.29, 0.717) is 25.6 Å². The van der Waals surface area contributed by atoms with Gasteiger partial charge in [0.15, 0.2) is 0 Å². The molecule has 2 heterocycles. The van der Waals surface area contributed by atoms with Crippen molar-refractivity contribution in [3.8, 4) is 0 Å². The Bertz CT molecular complexity index is 629. The normalized spacial score (nSPS) is 30.3. The molecule has 0 unspecified atom stereocenters. The van der Waals surface area contributed by atoms with Crippen LogP contribution in [-0.2, 0) is 14.8 Å². The first-order valence-electron chi connectivity index (χ1n) is 6.98. The van der Waals surface area contributed by atoms with Crippen molar-refractivity contribution in [1.82, 2.24) is 4.31 Å². The average Bonchev–Trinajstić information content (AvgIpc) is 2.76. The Morgan fingerprint density at radius 1 is 1.24 bits per heavy atom. The summed E-state index contributed by atoms with van der Waals surface area (Å²) in [6.07, 6.45) is 1.66. The van der Waals surface area contributed by atoms with Gasteiger partial charge in [0.05, 0.1) is 17.1 Å². The summed E-state index contributed by atoms with van der Waals surface area (Å²) in [5, 5.41) is 0. The van der Waals surface area contributed by atoms with Crippen molar-refractivity contribution in [3.05, 3.63) is 29.8 Å². The molecule has 3 atom stereocenters. The highest BCUT2D eigenvalue weighted by molar-refractivity contribution is 7.89. The minimum atomic E-state index is -3.87. The van der Waals surface area contributed by atoms with Crippen LogP contribution in [0.15, 0.2) is 23.1 Å². The fourth-order valence-electron chi connectivity index (χ4n) is 3.21. The molecule has 3 rings (SSSR count). The highest BCUT2D eigenvalue weighted by Crippen LogP contribution is 2.34. The van der Waals surface area contributed by atoms with Crippen LogP contribution in [-0.4, -0.2) is 38.0 Å². The molecule has 2 fully saturated rings. The van der Waals surface area contributed by atoms with Gasteiger partial charge in [0.1, 0.15) is 11.6 Å². The molecule has 7 heteroatoms. The fraction of sp³-hybridized carbons (Fsp3) is 0.571. The van der Waals surface area contributed by atoms with E-state index in [1.165, 1.54) is 4.31 Å². The summed E-state index contributed by atoms with van der Waals surface area (Å²) in [4.78, 5) is -0.328. The molecule has 0 spiro atoms. The summed E-state index contributed by atoms with van der Waals surface area (Å²) in [6.45, 7) is 2.63. The van der Waals surface area contributed by atoms with E-state index in [1.807, 2.05) is 6.92 Å². The zero-order valence-corrected chi connectivity index (χ0v) is 12.4. The topological polar surface area (TPSA) is 46.6 Å². The molecule has 2 saturated heterocycles. The van der Waals surface area contributed by atoms with E-state index in [2.05, 4.69) is 0 Å². The molecule has 116 valence electrons. The van der Waals surface area contributed by atoms with Crippen molar-refractivity contribution in [1.29, 1.82) is 0 Å². The van der Waals surface area contributed by atoms with E-state index in [9.17, 15) is 17.2 Å². The average molecular weight is 317 g/mol. The first-order valence-corrected chi connectivity index (χ1v) is 8.42. The third-order valence-electron chi connectivity index (χ3n) is 4.14. The highest BCUT2D eigenvalue weighted by Gasteiger charge is 2.41. The molecule has 0 amide bonds. The maximum Gasteiger partial charge on any atom is 0.243 e. The van der Waals surface area contributed by atoms with Gasteiger partial charge in [-0.05, 0) is 31.9 Å². The lowest BCUT2D eigenvalue weighted by molar-refractivity contribution is 0.0206. The highest BCUT2D eigenvalue weighted by atomic mass is 32.2. The number of hydrogen-bond donors (Lipinski definition) is 0. The van der Waals surface area contributed by atoms with Gasteiger partial charge in [-0.25, -0.2) is 17.2 Å². The molecule has 21 heavy (non-hydrogen) atoms. The van der Waals surface area contributed by atoms with E-state index in [0.717, 1.165) is 18.6 Å². The Balaban J connectivity index is 1.85. The zero-order valence-electron chi connectivity index (χ0n) is 11.6. The smallest absolute Gasteiger partial charge is 0.243 e. The third kappa shape index (κ3) is 2.82. The van der Waals surface area contributed by atoms with Gasteiger partial charge in [0, 0.05) is 25.1 Å². The zero-order chi connectivity index (χ0) is 15.2. The van der Waals surface area contributed by atoms with Crippen LogP contribution in [0.3, 0.4) is 0 Å². The van der Waals surface area contributed by atoms with Gasteiger partial charge in [-0.3, -0.25) is 0 Å². The standard InChI is InChI=1S/C14H17F2NO3S/c1-9-4-10-8-17(3-2-14(10)20-9)21(18,19)13-6-11(15)5-12(16)7-13/h5-7,9-10,14H,2-4,8H2,1H3/t9-,10-,14+/m1/s1. The lowest BCUT2D eigenvalue weighted by Crippen LogP contribution is -2.44. The molecule has 0 bridgehead atoms. The van der Waals surface area contributed by atoms with Gasteiger partial charge in [0.2, 0.25) is 10.0 Å². The summed E-state index contributed by atoms with van der Waals surface area (Å²) >= 11 is 0. The number of ether oxygens (including phenoxy) is 1. The number of piperidine rings is 1. The van der Waals surface area contributed by atoms with Gasteiger partial charge in [-0.1, -0.05) is 0 Å². The van der Waals surface area contributed by atoms with Crippen molar-refractivity contribution in [2.75, 3.05) is 13.1 Å². The molecule has 0 aliphatic carbocycles. The number of rotatable bonds is 2. The van der Waals surface area contributed by atoms with Crippen LogP contribution in [0.2, 0.25) is 0 Å². The maximum atomic E-state index is 13.2. The molecule has 2 aliphatic rings. The van der Waals surface area contributed by atoms with E-state index < -0.39 is 21.7 Å². The summed E-state index contributed by atoms with van der Waals surface area (Å²) in [7, 11) is -3.87. The minimum absolute atomic E-state index is 0.0932. The summed E-state index contributed by atoms with van der Waals surface area (Å²) in [6, 6.07) is 2.38. The first kappa shape index (κ1) is 14.9. The van der Waals surface area contributed by atoms with E-state index in [4.69, 9.17) is 4.74 Å². The van der Waals surface area contributed by atoms with Gasteiger partial charge in [-0.15, -0.1) is 0 Å². The SMILES string of the molecule is C[C@@H]1C[C@@H]2CN(S(=O)(=O)c3cc(F)cc(F)c3)CC[C@@H]2O1. The van der Waals surface area contributed by atoms with Crippen LogP contribution in [0.1, 0.15) is 19.8 Å². The van der Waals surface area contributed by atoms with Gasteiger partial charge < -0.3 is 4.74 Å². The van der Waals surface area contributed by atoms with Crippen molar-refractivity contribution in [2.45, 2.75) is 36.9 Å². The largest absolute Gasteiger partial charge is 0.375 e. The Morgan fingerprint density at radius 3 is 2.57 bits per heavy atom. The lowest BCUT2D eigenvalue weighted by Gasteiger charge is -2.33. The van der Waals surface area contributed by atoms with Gasteiger partial charge in [-0.2, -0.15) is 4.31 Å². The molecule has 0 N–H and O–H groups in total. The second-order valence-electron chi connectivity index (χ2n) is 5.74. The third-order valence-corrected chi connectivity index (χ3v) is 5.99.